The molecule has 0 bridgehead atoms. The van der Waals surface area contributed by atoms with Gasteiger partial charge in [0, 0.05) is 33.2 Å². The summed E-state index contributed by atoms with van der Waals surface area (Å²) < 4.78 is 10.2. The smallest absolute Gasteiger partial charge is 0.409 e. The summed E-state index contributed by atoms with van der Waals surface area (Å²) in [5.41, 5.74) is 0.655. The fourth-order valence-corrected chi connectivity index (χ4v) is 2.89. The highest BCUT2D eigenvalue weighted by atomic mass is 16.6. The molecule has 2 fully saturated rings. The largest absolute Gasteiger partial charge is 0.448 e. The van der Waals surface area contributed by atoms with Crippen LogP contribution in [0.15, 0.2) is 18.3 Å². The van der Waals surface area contributed by atoms with Gasteiger partial charge in [-0.15, -0.1) is 0 Å². The van der Waals surface area contributed by atoms with Gasteiger partial charge < -0.3 is 29.5 Å². The molecule has 3 amide bonds. The zero-order chi connectivity index (χ0) is 18.4. The van der Waals surface area contributed by atoms with E-state index in [-0.39, 0.29) is 12.1 Å². The normalized spacial score (nSPS) is 17.2. The average molecular weight is 363 g/mol. The Morgan fingerprint density at radius 1 is 1.27 bits per heavy atom. The van der Waals surface area contributed by atoms with E-state index in [4.69, 9.17) is 9.47 Å². The highest BCUT2D eigenvalue weighted by molar-refractivity contribution is 5.89. The third-order valence-corrected chi connectivity index (χ3v) is 4.45. The Morgan fingerprint density at radius 3 is 2.73 bits per heavy atom. The Balaban J connectivity index is 1.42. The van der Waals surface area contributed by atoms with Crippen LogP contribution in [0.1, 0.15) is 6.42 Å². The minimum Gasteiger partial charge on any atom is -0.448 e. The average Bonchev–Trinajstić information content (AvgIpc) is 3.08. The van der Waals surface area contributed by atoms with Gasteiger partial charge >= 0.3 is 12.1 Å². The fourth-order valence-electron chi connectivity index (χ4n) is 2.89. The van der Waals surface area contributed by atoms with Gasteiger partial charge in [-0.3, -0.25) is 0 Å². The molecule has 1 aromatic heterocycles. The van der Waals surface area contributed by atoms with Crippen LogP contribution in [0.3, 0.4) is 0 Å². The molecule has 0 spiro atoms. The van der Waals surface area contributed by atoms with Crippen molar-refractivity contribution < 1.29 is 19.1 Å². The highest BCUT2D eigenvalue weighted by Gasteiger charge is 2.21. The van der Waals surface area contributed by atoms with E-state index in [9.17, 15) is 9.59 Å². The van der Waals surface area contributed by atoms with Crippen molar-refractivity contribution in [1.82, 2.24) is 14.8 Å². The number of cyclic esters (lactones) is 1. The number of anilines is 2. The van der Waals surface area contributed by atoms with Crippen molar-refractivity contribution in [2.75, 3.05) is 69.8 Å². The summed E-state index contributed by atoms with van der Waals surface area (Å²) in [6, 6.07) is 3.55. The topological polar surface area (TPSA) is 87.2 Å². The van der Waals surface area contributed by atoms with Crippen molar-refractivity contribution >= 4 is 23.6 Å². The zero-order valence-electron chi connectivity index (χ0n) is 15.0. The number of aromatic nitrogens is 1. The molecule has 3 heterocycles. The predicted molar refractivity (Wildman–Crippen MR) is 96.5 cm³/mol. The van der Waals surface area contributed by atoms with Crippen LogP contribution in [0.4, 0.5) is 21.1 Å². The summed E-state index contributed by atoms with van der Waals surface area (Å²) in [5, 5.41) is 2.84. The predicted octanol–water partition coefficient (Wildman–Crippen LogP) is 1.22. The molecule has 26 heavy (non-hydrogen) atoms. The molecule has 1 N–H and O–H groups in total. The van der Waals surface area contributed by atoms with Crippen molar-refractivity contribution in [1.29, 1.82) is 0 Å². The zero-order valence-corrected chi connectivity index (χ0v) is 15.0. The van der Waals surface area contributed by atoms with E-state index >= 15 is 0 Å². The lowest BCUT2D eigenvalue weighted by Gasteiger charge is -2.27. The van der Waals surface area contributed by atoms with Crippen molar-refractivity contribution in [2.24, 2.45) is 0 Å². The van der Waals surface area contributed by atoms with Crippen molar-refractivity contribution in [3.05, 3.63) is 18.3 Å². The van der Waals surface area contributed by atoms with Gasteiger partial charge in [-0.05, 0) is 18.6 Å². The third-order valence-electron chi connectivity index (χ3n) is 4.45. The standard InChI is InChI=1S/C17H25N5O4/c1-20(5-2-6-22-9-12-26-17(22)24)16(23)19-14-3-4-15(18-13-14)21-7-10-25-11-8-21/h3-4,13H,2,5-12H2,1H3,(H,19,23). The molecule has 1 aromatic rings. The second kappa shape index (κ2) is 8.70. The van der Waals surface area contributed by atoms with Crippen LogP contribution in [0, 0.1) is 0 Å². The second-order valence-electron chi connectivity index (χ2n) is 6.31. The van der Waals surface area contributed by atoms with Gasteiger partial charge in [0.05, 0.1) is 31.6 Å². The van der Waals surface area contributed by atoms with Gasteiger partial charge in [-0.25, -0.2) is 14.6 Å². The lowest BCUT2D eigenvalue weighted by Crippen LogP contribution is -2.36. The monoisotopic (exact) mass is 363 g/mol. The molecule has 0 atom stereocenters. The van der Waals surface area contributed by atoms with Crippen LogP contribution in [-0.4, -0.2) is 86.5 Å². The van der Waals surface area contributed by atoms with Crippen LogP contribution in [0.2, 0.25) is 0 Å². The van der Waals surface area contributed by atoms with Crippen LogP contribution in [0.25, 0.3) is 0 Å². The lowest BCUT2D eigenvalue weighted by atomic mass is 10.3. The first-order chi connectivity index (χ1) is 12.6. The highest BCUT2D eigenvalue weighted by Crippen LogP contribution is 2.15. The number of carbonyl (C=O) groups excluding carboxylic acids is 2. The van der Waals surface area contributed by atoms with E-state index in [0.717, 1.165) is 18.9 Å². The molecule has 0 aromatic carbocycles. The summed E-state index contributed by atoms with van der Waals surface area (Å²) in [6.07, 6.45) is 2.09. The molecule has 0 unspecified atom stereocenters. The van der Waals surface area contributed by atoms with E-state index in [0.29, 0.717) is 51.6 Å². The Bertz CT molecular complexity index is 618. The molecule has 2 saturated heterocycles. The molecular weight excluding hydrogens is 338 g/mol. The van der Waals surface area contributed by atoms with E-state index in [1.54, 1.807) is 23.0 Å². The number of urea groups is 1. The molecule has 142 valence electrons. The quantitative estimate of drug-likeness (QED) is 0.818. The van der Waals surface area contributed by atoms with Crippen LogP contribution in [0.5, 0.6) is 0 Å². The maximum absolute atomic E-state index is 12.2. The molecule has 9 heteroatoms. The maximum atomic E-state index is 12.2. The first kappa shape index (κ1) is 18.2. The first-order valence-corrected chi connectivity index (χ1v) is 8.86. The molecule has 0 aliphatic carbocycles. The van der Waals surface area contributed by atoms with Crippen LogP contribution in [-0.2, 0) is 9.47 Å². The second-order valence-corrected chi connectivity index (χ2v) is 6.31. The van der Waals surface area contributed by atoms with Gasteiger partial charge in [0.25, 0.3) is 0 Å². The Kier molecular flexibility index (Phi) is 6.11. The van der Waals surface area contributed by atoms with Crippen molar-refractivity contribution in [3.8, 4) is 0 Å². The van der Waals surface area contributed by atoms with Gasteiger partial charge in [0.1, 0.15) is 12.4 Å². The molecule has 3 rings (SSSR count). The SMILES string of the molecule is CN(CCCN1CCOC1=O)C(=O)Nc1ccc(N2CCOCC2)nc1. The minimum absolute atomic E-state index is 0.199. The number of rotatable bonds is 6. The van der Waals surface area contributed by atoms with Gasteiger partial charge in [-0.1, -0.05) is 0 Å². The summed E-state index contributed by atoms with van der Waals surface area (Å²) in [5.74, 6) is 0.886. The fraction of sp³-hybridized carbons (Fsp3) is 0.588. The van der Waals surface area contributed by atoms with E-state index < -0.39 is 0 Å². The molecule has 0 saturated carbocycles. The number of carbonyl (C=O) groups is 2. The van der Waals surface area contributed by atoms with Crippen molar-refractivity contribution in [3.63, 3.8) is 0 Å². The molecule has 2 aliphatic heterocycles. The minimum atomic E-state index is -0.275. The summed E-state index contributed by atoms with van der Waals surface area (Å²) in [6.45, 7) is 5.28. The number of hydrogen-bond donors (Lipinski definition) is 1. The van der Waals surface area contributed by atoms with Crippen LogP contribution >= 0.6 is 0 Å². The number of ether oxygens (including phenoxy) is 2. The van der Waals surface area contributed by atoms with E-state index in [2.05, 4.69) is 15.2 Å². The number of hydrogen-bond acceptors (Lipinski definition) is 6. The summed E-state index contributed by atoms with van der Waals surface area (Å²) >= 11 is 0. The Morgan fingerprint density at radius 2 is 2.08 bits per heavy atom. The third kappa shape index (κ3) is 4.75. The molecule has 9 nitrogen and oxygen atoms in total. The van der Waals surface area contributed by atoms with Gasteiger partial charge in [-0.2, -0.15) is 0 Å². The number of nitrogens with zero attached hydrogens (tertiary/aromatic N) is 4. The molecular formula is C17H25N5O4. The van der Waals surface area contributed by atoms with Crippen LogP contribution < -0.4 is 10.2 Å². The molecule has 2 aliphatic rings. The lowest BCUT2D eigenvalue weighted by molar-refractivity contribution is 0.122. The van der Waals surface area contributed by atoms with Gasteiger partial charge in [0.15, 0.2) is 0 Å². The maximum Gasteiger partial charge on any atom is 0.409 e. The number of pyridine rings is 1. The van der Waals surface area contributed by atoms with Gasteiger partial charge in [0.2, 0.25) is 0 Å². The number of morpholine rings is 1. The first-order valence-electron chi connectivity index (χ1n) is 8.86. The van der Waals surface area contributed by atoms with E-state index in [1.165, 1.54) is 0 Å². The number of amides is 3. The number of nitrogens with one attached hydrogen (secondary N) is 1. The van der Waals surface area contributed by atoms with Crippen molar-refractivity contribution in [2.45, 2.75) is 6.42 Å². The summed E-state index contributed by atoms with van der Waals surface area (Å²) in [4.78, 5) is 33.4. The Labute approximate surface area is 152 Å². The molecule has 0 radical (unpaired) electrons. The Hall–Kier alpha value is -2.55. The van der Waals surface area contributed by atoms with E-state index in [1.807, 2.05) is 12.1 Å². The summed E-state index contributed by atoms with van der Waals surface area (Å²) in [7, 11) is 1.73.